The minimum Gasteiger partial charge on any atom is -0.388 e. The zero-order valence-corrected chi connectivity index (χ0v) is 13.5. The van der Waals surface area contributed by atoms with Gasteiger partial charge in [0.1, 0.15) is 0 Å². The zero-order chi connectivity index (χ0) is 16.2. The number of piperidine rings is 1. The third-order valence-corrected chi connectivity index (χ3v) is 4.68. The van der Waals surface area contributed by atoms with Crippen molar-refractivity contribution in [2.75, 3.05) is 13.1 Å². The number of hydrogen-bond acceptors (Lipinski definition) is 2. The maximum atomic E-state index is 12.6. The normalized spacial score (nSPS) is 17.0. The fourth-order valence-corrected chi connectivity index (χ4v) is 3.30. The van der Waals surface area contributed by atoms with Gasteiger partial charge in [-0.15, -0.1) is 0 Å². The molecule has 1 saturated heterocycles. The number of rotatable bonds is 3. The van der Waals surface area contributed by atoms with E-state index in [1.54, 1.807) is 0 Å². The average Bonchev–Trinajstić information content (AvgIpc) is 2.61. The van der Waals surface area contributed by atoms with Gasteiger partial charge in [0.05, 0.1) is 6.10 Å². The highest BCUT2D eigenvalue weighted by molar-refractivity contribution is 5.94. The molecule has 3 rings (SSSR count). The molecule has 23 heavy (non-hydrogen) atoms. The van der Waals surface area contributed by atoms with Crippen LogP contribution >= 0.6 is 0 Å². The molecule has 1 aliphatic rings. The number of carbonyl (C=O) groups excluding carboxylic acids is 1. The SMILES string of the molecule is Cc1cccc(C(=O)N2CCC([C@@H](O)c3ccccc3)CC2)c1. The second kappa shape index (κ2) is 6.97. The lowest BCUT2D eigenvalue weighted by Gasteiger charge is -2.34. The Labute approximate surface area is 137 Å². The van der Waals surface area contributed by atoms with E-state index in [-0.39, 0.29) is 11.8 Å². The van der Waals surface area contributed by atoms with Crippen molar-refractivity contribution >= 4 is 5.91 Å². The quantitative estimate of drug-likeness (QED) is 0.941. The molecule has 1 aliphatic heterocycles. The molecule has 1 fully saturated rings. The Bertz CT molecular complexity index is 660. The predicted molar refractivity (Wildman–Crippen MR) is 91.2 cm³/mol. The van der Waals surface area contributed by atoms with Crippen molar-refractivity contribution in [1.82, 2.24) is 4.90 Å². The van der Waals surface area contributed by atoms with Crippen molar-refractivity contribution in [3.63, 3.8) is 0 Å². The molecule has 1 N–H and O–H groups in total. The van der Waals surface area contributed by atoms with Crippen LogP contribution in [0.3, 0.4) is 0 Å². The largest absolute Gasteiger partial charge is 0.388 e. The highest BCUT2D eigenvalue weighted by Gasteiger charge is 2.28. The first-order valence-electron chi connectivity index (χ1n) is 8.24. The topological polar surface area (TPSA) is 40.5 Å². The first kappa shape index (κ1) is 15.8. The van der Waals surface area contributed by atoms with Gasteiger partial charge in [0, 0.05) is 18.7 Å². The Balaban J connectivity index is 1.61. The van der Waals surface area contributed by atoms with Gasteiger partial charge in [0.2, 0.25) is 0 Å². The molecule has 1 heterocycles. The van der Waals surface area contributed by atoms with Gasteiger partial charge in [-0.2, -0.15) is 0 Å². The van der Waals surface area contributed by atoms with Gasteiger partial charge in [-0.05, 0) is 43.4 Å². The van der Waals surface area contributed by atoms with Crippen LogP contribution in [0.15, 0.2) is 54.6 Å². The Morgan fingerprint density at radius 3 is 2.43 bits per heavy atom. The summed E-state index contributed by atoms with van der Waals surface area (Å²) in [4.78, 5) is 14.5. The van der Waals surface area contributed by atoms with Gasteiger partial charge in [0.25, 0.3) is 5.91 Å². The molecule has 0 bridgehead atoms. The van der Waals surface area contributed by atoms with Crippen LogP contribution in [0.5, 0.6) is 0 Å². The lowest BCUT2D eigenvalue weighted by molar-refractivity contribution is 0.0462. The number of carbonyl (C=O) groups is 1. The van der Waals surface area contributed by atoms with E-state index in [1.165, 1.54) is 0 Å². The number of aryl methyl sites for hydroxylation is 1. The summed E-state index contributed by atoms with van der Waals surface area (Å²) in [6, 6.07) is 17.5. The van der Waals surface area contributed by atoms with E-state index < -0.39 is 6.10 Å². The number of likely N-dealkylation sites (tertiary alicyclic amines) is 1. The first-order chi connectivity index (χ1) is 11.1. The number of benzene rings is 2. The summed E-state index contributed by atoms with van der Waals surface area (Å²) in [5.74, 6) is 0.320. The molecular formula is C20H23NO2. The summed E-state index contributed by atoms with van der Waals surface area (Å²) >= 11 is 0. The molecule has 0 saturated carbocycles. The average molecular weight is 309 g/mol. The summed E-state index contributed by atoms with van der Waals surface area (Å²) in [7, 11) is 0. The van der Waals surface area contributed by atoms with Crippen molar-refractivity contribution in [3.05, 3.63) is 71.3 Å². The van der Waals surface area contributed by atoms with Crippen LogP contribution in [-0.4, -0.2) is 29.0 Å². The van der Waals surface area contributed by atoms with E-state index in [0.717, 1.165) is 29.5 Å². The molecule has 3 heteroatoms. The molecule has 0 spiro atoms. The summed E-state index contributed by atoms with van der Waals surface area (Å²) in [5.41, 5.74) is 2.83. The van der Waals surface area contributed by atoms with E-state index in [2.05, 4.69) is 0 Å². The van der Waals surface area contributed by atoms with Gasteiger partial charge in [0.15, 0.2) is 0 Å². The monoisotopic (exact) mass is 309 g/mol. The number of aliphatic hydroxyl groups is 1. The minimum atomic E-state index is -0.438. The van der Waals surface area contributed by atoms with E-state index in [0.29, 0.717) is 13.1 Å². The molecule has 2 aromatic carbocycles. The Morgan fingerprint density at radius 1 is 1.09 bits per heavy atom. The fourth-order valence-electron chi connectivity index (χ4n) is 3.30. The number of aliphatic hydroxyl groups excluding tert-OH is 1. The standard InChI is InChI=1S/C20H23NO2/c1-15-6-5-9-18(14-15)20(23)21-12-10-17(11-13-21)19(22)16-7-3-2-4-8-16/h2-9,14,17,19,22H,10-13H2,1H3/t19-/m0/s1. The van der Waals surface area contributed by atoms with Gasteiger partial charge in [-0.25, -0.2) is 0 Å². The van der Waals surface area contributed by atoms with E-state index in [9.17, 15) is 9.90 Å². The number of hydrogen-bond donors (Lipinski definition) is 1. The van der Waals surface area contributed by atoms with Crippen molar-refractivity contribution in [3.8, 4) is 0 Å². The van der Waals surface area contributed by atoms with E-state index >= 15 is 0 Å². The Morgan fingerprint density at radius 2 is 1.78 bits per heavy atom. The fraction of sp³-hybridized carbons (Fsp3) is 0.350. The predicted octanol–water partition coefficient (Wildman–Crippen LogP) is 3.58. The van der Waals surface area contributed by atoms with E-state index in [4.69, 9.17) is 0 Å². The second-order valence-electron chi connectivity index (χ2n) is 6.35. The van der Waals surface area contributed by atoms with Crippen molar-refractivity contribution in [1.29, 1.82) is 0 Å². The molecule has 0 aromatic heterocycles. The van der Waals surface area contributed by atoms with Crippen LogP contribution in [0.25, 0.3) is 0 Å². The third-order valence-electron chi connectivity index (χ3n) is 4.68. The summed E-state index contributed by atoms with van der Waals surface area (Å²) < 4.78 is 0. The maximum absolute atomic E-state index is 12.6. The van der Waals surface area contributed by atoms with E-state index in [1.807, 2.05) is 66.4 Å². The second-order valence-corrected chi connectivity index (χ2v) is 6.35. The van der Waals surface area contributed by atoms with Crippen LogP contribution in [0, 0.1) is 12.8 Å². The molecule has 0 aliphatic carbocycles. The molecule has 0 unspecified atom stereocenters. The molecule has 1 atom stereocenters. The van der Waals surface area contributed by atoms with Crippen molar-refractivity contribution in [2.24, 2.45) is 5.92 Å². The lowest BCUT2D eigenvalue weighted by atomic mass is 9.87. The molecule has 120 valence electrons. The van der Waals surface area contributed by atoms with Gasteiger partial charge < -0.3 is 10.0 Å². The third kappa shape index (κ3) is 3.62. The molecule has 2 aromatic rings. The van der Waals surface area contributed by atoms with Crippen LogP contribution in [0.1, 0.15) is 40.4 Å². The van der Waals surface area contributed by atoms with Crippen LogP contribution in [-0.2, 0) is 0 Å². The molecule has 1 amide bonds. The number of nitrogens with zero attached hydrogens (tertiary/aromatic N) is 1. The highest BCUT2D eigenvalue weighted by atomic mass is 16.3. The smallest absolute Gasteiger partial charge is 0.253 e. The van der Waals surface area contributed by atoms with Gasteiger partial charge in [-0.1, -0.05) is 48.0 Å². The molecular weight excluding hydrogens is 286 g/mol. The Hall–Kier alpha value is -2.13. The minimum absolute atomic E-state index is 0.0985. The van der Waals surface area contributed by atoms with Gasteiger partial charge in [-0.3, -0.25) is 4.79 Å². The highest BCUT2D eigenvalue weighted by Crippen LogP contribution is 2.31. The van der Waals surface area contributed by atoms with Crippen molar-refractivity contribution < 1.29 is 9.90 Å². The lowest BCUT2D eigenvalue weighted by Crippen LogP contribution is -2.39. The number of amides is 1. The van der Waals surface area contributed by atoms with Gasteiger partial charge >= 0.3 is 0 Å². The van der Waals surface area contributed by atoms with Crippen molar-refractivity contribution in [2.45, 2.75) is 25.9 Å². The van der Waals surface area contributed by atoms with Crippen LogP contribution in [0.4, 0.5) is 0 Å². The molecule has 0 radical (unpaired) electrons. The first-order valence-corrected chi connectivity index (χ1v) is 8.24. The Kier molecular flexibility index (Phi) is 4.77. The zero-order valence-electron chi connectivity index (χ0n) is 13.5. The summed E-state index contributed by atoms with van der Waals surface area (Å²) in [5, 5.41) is 10.5. The summed E-state index contributed by atoms with van der Waals surface area (Å²) in [6.45, 7) is 3.42. The van der Waals surface area contributed by atoms with Crippen LogP contribution in [0.2, 0.25) is 0 Å². The maximum Gasteiger partial charge on any atom is 0.253 e. The molecule has 3 nitrogen and oxygen atoms in total. The summed E-state index contributed by atoms with van der Waals surface area (Å²) in [6.07, 6.45) is 1.24. The van der Waals surface area contributed by atoms with Crippen LogP contribution < -0.4 is 0 Å².